The number of carbonyl (C=O) groups excluding carboxylic acids is 1. The first-order valence-electron chi connectivity index (χ1n) is 4.38. The number of anilines is 1. The van der Waals surface area contributed by atoms with Gasteiger partial charge in [0.15, 0.2) is 0 Å². The Morgan fingerprint density at radius 1 is 1.50 bits per heavy atom. The Morgan fingerprint density at radius 3 is 2.88 bits per heavy atom. The van der Waals surface area contributed by atoms with Crippen LogP contribution in [0.1, 0.15) is 15.4 Å². The molecule has 2 rings (SSSR count). The maximum atomic E-state index is 11.7. The molecule has 0 unspecified atom stereocenters. The molecule has 0 spiro atoms. The molecule has 2 aromatic heterocycles. The van der Waals surface area contributed by atoms with Crippen LogP contribution in [0.3, 0.4) is 0 Å². The Labute approximate surface area is 101 Å². The first-order chi connectivity index (χ1) is 7.66. The molecule has 0 saturated heterocycles. The Hall–Kier alpha value is -1.53. The number of nitrogens with one attached hydrogen (secondary N) is 1. The van der Waals surface area contributed by atoms with Gasteiger partial charge in [0, 0.05) is 0 Å². The van der Waals surface area contributed by atoms with Gasteiger partial charge in [0.1, 0.15) is 10.0 Å². The van der Waals surface area contributed by atoms with Crippen molar-refractivity contribution in [1.82, 2.24) is 14.6 Å². The lowest BCUT2D eigenvalue weighted by Crippen LogP contribution is -2.11. The van der Waals surface area contributed by atoms with Gasteiger partial charge in [-0.3, -0.25) is 4.79 Å². The van der Waals surface area contributed by atoms with Crippen molar-refractivity contribution in [2.24, 2.45) is 0 Å². The van der Waals surface area contributed by atoms with Gasteiger partial charge in [0.2, 0.25) is 0 Å². The van der Waals surface area contributed by atoms with Crippen molar-refractivity contribution >= 4 is 34.7 Å². The summed E-state index contributed by atoms with van der Waals surface area (Å²) in [5, 5.41) is 6.83. The van der Waals surface area contributed by atoms with E-state index in [9.17, 15) is 4.79 Å². The number of pyridine rings is 1. The highest BCUT2D eigenvalue weighted by Crippen LogP contribution is 2.14. The molecule has 7 heteroatoms. The van der Waals surface area contributed by atoms with Crippen molar-refractivity contribution in [2.75, 3.05) is 5.32 Å². The highest BCUT2D eigenvalue weighted by Gasteiger charge is 2.13. The smallest absolute Gasteiger partial charge is 0.269 e. The van der Waals surface area contributed by atoms with Gasteiger partial charge in [-0.1, -0.05) is 16.1 Å². The van der Waals surface area contributed by atoms with Crippen LogP contribution < -0.4 is 5.32 Å². The summed E-state index contributed by atoms with van der Waals surface area (Å²) in [6.45, 7) is 1.73. The lowest BCUT2D eigenvalue weighted by atomic mass is 10.3. The molecule has 0 fully saturated rings. The summed E-state index contributed by atoms with van der Waals surface area (Å²) in [6, 6.07) is 3.28. The highest BCUT2D eigenvalue weighted by molar-refractivity contribution is 7.08. The van der Waals surface area contributed by atoms with Crippen molar-refractivity contribution in [2.45, 2.75) is 6.92 Å². The van der Waals surface area contributed by atoms with E-state index in [0.717, 1.165) is 11.5 Å². The fraction of sp³-hybridized carbons (Fsp3) is 0.111. The van der Waals surface area contributed by atoms with Crippen molar-refractivity contribution < 1.29 is 4.79 Å². The minimum atomic E-state index is -0.239. The molecule has 0 aliphatic carbocycles. The monoisotopic (exact) mass is 254 g/mol. The number of halogens is 1. The first kappa shape index (κ1) is 11.0. The van der Waals surface area contributed by atoms with E-state index in [-0.39, 0.29) is 5.91 Å². The van der Waals surface area contributed by atoms with Crippen LogP contribution in [-0.4, -0.2) is 20.5 Å². The maximum Gasteiger partial charge on any atom is 0.269 e. The molecule has 16 heavy (non-hydrogen) atoms. The summed E-state index contributed by atoms with van der Waals surface area (Å²) >= 11 is 6.69. The van der Waals surface area contributed by atoms with Crippen LogP contribution >= 0.6 is 23.1 Å². The van der Waals surface area contributed by atoms with E-state index in [1.54, 1.807) is 19.1 Å². The van der Waals surface area contributed by atoms with Crippen LogP contribution in [0.25, 0.3) is 0 Å². The molecule has 0 aliphatic heterocycles. The van der Waals surface area contributed by atoms with Crippen LogP contribution in [0.5, 0.6) is 0 Å². The second-order valence-electron chi connectivity index (χ2n) is 3.01. The number of rotatable bonds is 2. The largest absolute Gasteiger partial charge is 0.320 e. The average molecular weight is 255 g/mol. The van der Waals surface area contributed by atoms with E-state index in [0.29, 0.717) is 21.4 Å². The molecule has 0 bridgehead atoms. The predicted molar refractivity (Wildman–Crippen MR) is 61.8 cm³/mol. The van der Waals surface area contributed by atoms with Crippen molar-refractivity contribution in [3.05, 3.63) is 34.1 Å². The summed E-state index contributed by atoms with van der Waals surface area (Å²) in [5.74, 6) is -0.239. The summed E-state index contributed by atoms with van der Waals surface area (Å²) in [6.07, 6.45) is 1.49. The van der Waals surface area contributed by atoms with E-state index in [4.69, 9.17) is 11.6 Å². The number of hydrogen-bond acceptors (Lipinski definition) is 5. The maximum absolute atomic E-state index is 11.7. The van der Waals surface area contributed by atoms with E-state index >= 15 is 0 Å². The Kier molecular flexibility index (Phi) is 3.12. The number of hydrogen-bond donors (Lipinski definition) is 1. The van der Waals surface area contributed by atoms with Gasteiger partial charge in [-0.25, -0.2) is 4.98 Å². The quantitative estimate of drug-likeness (QED) is 0.834. The van der Waals surface area contributed by atoms with Gasteiger partial charge < -0.3 is 5.32 Å². The van der Waals surface area contributed by atoms with Crippen LogP contribution in [-0.2, 0) is 0 Å². The number of nitrogens with zero attached hydrogens (tertiary/aromatic N) is 3. The van der Waals surface area contributed by atoms with Crippen molar-refractivity contribution in [3.8, 4) is 0 Å². The third-order valence-corrected chi connectivity index (χ3v) is 2.89. The van der Waals surface area contributed by atoms with Crippen LogP contribution in [0, 0.1) is 6.92 Å². The van der Waals surface area contributed by atoms with Crippen LogP contribution in [0.2, 0.25) is 5.15 Å². The molecule has 0 atom stereocenters. The molecule has 0 aromatic carbocycles. The predicted octanol–water partition coefficient (Wildman–Crippen LogP) is 2.15. The molecular formula is C9H7ClN4OS. The lowest BCUT2D eigenvalue weighted by Gasteiger charge is -2.02. The highest BCUT2D eigenvalue weighted by atomic mass is 35.5. The van der Waals surface area contributed by atoms with E-state index in [2.05, 4.69) is 19.9 Å². The van der Waals surface area contributed by atoms with Crippen LogP contribution in [0.4, 0.5) is 5.69 Å². The van der Waals surface area contributed by atoms with E-state index < -0.39 is 0 Å². The number of amides is 1. The second-order valence-corrected chi connectivity index (χ2v) is 4.15. The molecule has 1 amide bonds. The standard InChI is InChI=1S/C9H7ClN4OS/c1-5-8(16-14-13-5)9(15)12-6-2-3-7(10)11-4-6/h2-4H,1H3,(H,12,15). The first-order valence-corrected chi connectivity index (χ1v) is 5.54. The number of carbonyl (C=O) groups is 1. The Balaban J connectivity index is 2.14. The summed E-state index contributed by atoms with van der Waals surface area (Å²) in [5.41, 5.74) is 1.20. The number of aryl methyl sites for hydroxylation is 1. The van der Waals surface area contributed by atoms with Gasteiger partial charge in [-0.15, -0.1) is 5.10 Å². The normalized spacial score (nSPS) is 10.1. The Bertz CT molecular complexity index is 510. The minimum Gasteiger partial charge on any atom is -0.320 e. The van der Waals surface area contributed by atoms with E-state index in [1.807, 2.05) is 0 Å². The zero-order chi connectivity index (χ0) is 11.5. The third kappa shape index (κ3) is 2.34. The van der Waals surface area contributed by atoms with Gasteiger partial charge in [-0.2, -0.15) is 0 Å². The molecule has 82 valence electrons. The van der Waals surface area contributed by atoms with Crippen molar-refractivity contribution in [3.63, 3.8) is 0 Å². The zero-order valence-corrected chi connectivity index (χ0v) is 9.84. The summed E-state index contributed by atoms with van der Waals surface area (Å²) in [7, 11) is 0. The summed E-state index contributed by atoms with van der Waals surface area (Å²) in [4.78, 5) is 16.1. The topological polar surface area (TPSA) is 67.8 Å². The molecule has 0 saturated carbocycles. The lowest BCUT2D eigenvalue weighted by molar-refractivity contribution is 0.103. The molecule has 1 N–H and O–H groups in total. The van der Waals surface area contributed by atoms with Gasteiger partial charge >= 0.3 is 0 Å². The zero-order valence-electron chi connectivity index (χ0n) is 8.27. The third-order valence-electron chi connectivity index (χ3n) is 1.84. The average Bonchev–Trinajstić information content (AvgIpc) is 2.68. The molecular weight excluding hydrogens is 248 g/mol. The van der Waals surface area contributed by atoms with Gasteiger partial charge in [0.25, 0.3) is 5.91 Å². The Morgan fingerprint density at radius 2 is 2.31 bits per heavy atom. The summed E-state index contributed by atoms with van der Waals surface area (Å²) < 4.78 is 3.69. The molecule has 2 heterocycles. The van der Waals surface area contributed by atoms with Gasteiger partial charge in [0.05, 0.1) is 17.6 Å². The second kappa shape index (κ2) is 4.54. The van der Waals surface area contributed by atoms with Gasteiger partial charge in [-0.05, 0) is 30.6 Å². The molecule has 2 aromatic rings. The van der Waals surface area contributed by atoms with Crippen LogP contribution in [0.15, 0.2) is 18.3 Å². The number of aromatic nitrogens is 3. The fourth-order valence-corrected chi connectivity index (χ4v) is 1.74. The van der Waals surface area contributed by atoms with E-state index in [1.165, 1.54) is 6.20 Å². The fourth-order valence-electron chi connectivity index (χ4n) is 1.08. The molecule has 0 radical (unpaired) electrons. The minimum absolute atomic E-state index is 0.239. The van der Waals surface area contributed by atoms with Crippen molar-refractivity contribution in [1.29, 1.82) is 0 Å². The molecule has 0 aliphatic rings. The molecule has 5 nitrogen and oxygen atoms in total. The SMILES string of the molecule is Cc1nnsc1C(=O)Nc1ccc(Cl)nc1.